The van der Waals surface area contributed by atoms with Crippen LogP contribution >= 0.6 is 0 Å². The average molecular weight is 343 g/mol. The minimum absolute atomic E-state index is 0.125. The maximum atomic E-state index is 12.9. The number of carbonyl (C=O) groups is 1. The number of unbranched alkanes of at least 4 members (excludes halogenated alkanes) is 6. The van der Waals surface area contributed by atoms with Gasteiger partial charge in [-0.1, -0.05) is 91.9 Å². The van der Waals surface area contributed by atoms with E-state index in [1.807, 2.05) is 0 Å². The zero-order valence-corrected chi connectivity index (χ0v) is 18.6. The zero-order chi connectivity index (χ0) is 17.6. The number of hydrogen-bond donors (Lipinski definition) is 0. The van der Waals surface area contributed by atoms with Crippen LogP contribution in [0.15, 0.2) is 0 Å². The van der Waals surface area contributed by atoms with E-state index in [1.165, 1.54) is 64.2 Å². The van der Waals surface area contributed by atoms with Crippen molar-refractivity contribution in [3.05, 3.63) is 0 Å². The molecule has 0 aromatic rings. The highest BCUT2D eigenvalue weighted by Gasteiger charge is 2.43. The third-order valence-corrected chi connectivity index (χ3v) is 5.85. The maximum Gasteiger partial charge on any atom is 0.298 e. The molecule has 0 amide bonds. The van der Waals surface area contributed by atoms with Crippen molar-refractivity contribution in [1.82, 2.24) is 0 Å². The molecule has 0 bridgehead atoms. The Morgan fingerprint density at radius 2 is 1.35 bits per heavy atom. The summed E-state index contributed by atoms with van der Waals surface area (Å²) in [6.07, 6.45) is 15.4. The maximum absolute atomic E-state index is 12.9. The number of carbonyl (C=O) groups excluding carboxylic acids is 1. The highest BCUT2D eigenvalue weighted by molar-refractivity contribution is 6.06. The molecule has 1 atom stereocenters. The van der Waals surface area contributed by atoms with Gasteiger partial charge in [0.15, 0.2) is 0 Å². The summed E-state index contributed by atoms with van der Waals surface area (Å²) in [6.45, 7) is 9.00. The Morgan fingerprint density at radius 3 is 1.74 bits per heavy atom. The molecule has 0 spiro atoms. The van der Waals surface area contributed by atoms with E-state index in [2.05, 4.69) is 27.7 Å². The molecule has 0 N–H and O–H groups in total. The van der Waals surface area contributed by atoms with Crippen molar-refractivity contribution in [1.29, 1.82) is 0 Å². The first-order valence-electron chi connectivity index (χ1n) is 10.2. The fourth-order valence-corrected chi connectivity index (χ4v) is 4.41. The van der Waals surface area contributed by atoms with Gasteiger partial charge in [0, 0.05) is 0 Å². The van der Waals surface area contributed by atoms with Crippen molar-refractivity contribution >= 4 is 16.5 Å². The van der Waals surface area contributed by atoms with Crippen molar-refractivity contribution in [3.8, 4) is 0 Å². The van der Waals surface area contributed by atoms with Crippen molar-refractivity contribution in [2.75, 3.05) is 0 Å². The monoisotopic (exact) mass is 342 g/mol. The fraction of sp³-hybridized carbons (Fsp3) is 0.950. The van der Waals surface area contributed by atoms with E-state index in [0.29, 0.717) is 16.4 Å². The second-order valence-electron chi connectivity index (χ2n) is 7.16. The molecule has 138 valence electrons. The van der Waals surface area contributed by atoms with Crippen LogP contribution in [0, 0.1) is 11.3 Å². The molecule has 0 heterocycles. The molecule has 0 aliphatic heterocycles. The lowest BCUT2D eigenvalue weighted by Crippen LogP contribution is -2.40. The van der Waals surface area contributed by atoms with E-state index in [1.54, 1.807) is 0 Å². The molecular weight excluding hydrogens is 300 g/mol. The van der Waals surface area contributed by atoms with E-state index in [4.69, 9.17) is 4.43 Å². The summed E-state index contributed by atoms with van der Waals surface area (Å²) < 4.78 is 5.47. The van der Waals surface area contributed by atoms with Crippen LogP contribution in [0.25, 0.3) is 0 Å². The van der Waals surface area contributed by atoms with Gasteiger partial charge in [-0.25, -0.2) is 0 Å². The van der Waals surface area contributed by atoms with E-state index >= 15 is 0 Å². The largest absolute Gasteiger partial charge is 0.528 e. The predicted molar refractivity (Wildman–Crippen MR) is 105 cm³/mol. The van der Waals surface area contributed by atoms with Crippen LogP contribution < -0.4 is 0 Å². The molecular formula is C20H42O2Si. The summed E-state index contributed by atoms with van der Waals surface area (Å²) in [4.78, 5) is 12.9. The Bertz CT molecular complexity index is 281. The summed E-state index contributed by atoms with van der Waals surface area (Å²) in [5.74, 6) is 0.629. The molecule has 3 heteroatoms. The van der Waals surface area contributed by atoms with Gasteiger partial charge in [0.1, 0.15) is 0 Å². The van der Waals surface area contributed by atoms with E-state index in [0.717, 1.165) is 19.3 Å². The van der Waals surface area contributed by atoms with Crippen LogP contribution in [0.1, 0.15) is 111 Å². The summed E-state index contributed by atoms with van der Waals surface area (Å²) in [6, 6.07) is 0. The first-order chi connectivity index (χ1) is 11.1. The minimum atomic E-state index is -0.200. The molecule has 2 nitrogen and oxygen atoms in total. The molecule has 0 aromatic heterocycles. The molecule has 0 saturated heterocycles. The molecule has 0 saturated carbocycles. The Hall–Kier alpha value is -0.313. The van der Waals surface area contributed by atoms with Gasteiger partial charge in [-0.2, -0.15) is 0 Å². The van der Waals surface area contributed by atoms with Crippen LogP contribution in [-0.2, 0) is 9.22 Å². The van der Waals surface area contributed by atoms with Crippen molar-refractivity contribution in [3.63, 3.8) is 0 Å². The molecule has 0 radical (unpaired) electrons. The summed E-state index contributed by atoms with van der Waals surface area (Å²) in [5, 5.41) is 0. The first kappa shape index (κ1) is 22.7. The molecule has 0 rings (SSSR count). The van der Waals surface area contributed by atoms with Crippen LogP contribution in [0.2, 0.25) is 0 Å². The minimum Gasteiger partial charge on any atom is -0.528 e. The standard InChI is InChI=1S/C20H42O2Si/c1-5-9-12-15-18(8-4)20(19(21)22-23,16-13-10-6-2)17-14-11-7-3/h18H,5-17H2,1-4,23H3. The van der Waals surface area contributed by atoms with Crippen LogP contribution in [0.3, 0.4) is 0 Å². The van der Waals surface area contributed by atoms with Crippen LogP contribution in [-0.4, -0.2) is 16.5 Å². The first-order valence-corrected chi connectivity index (χ1v) is 11.0. The molecule has 0 aliphatic rings. The van der Waals surface area contributed by atoms with Crippen molar-refractivity contribution in [2.24, 2.45) is 11.3 Å². The second-order valence-corrected chi connectivity index (χ2v) is 7.57. The van der Waals surface area contributed by atoms with E-state index < -0.39 is 0 Å². The number of rotatable bonds is 15. The Labute approximate surface area is 148 Å². The summed E-state index contributed by atoms with van der Waals surface area (Å²) in [7, 11) is 0.527. The van der Waals surface area contributed by atoms with Gasteiger partial charge in [-0.05, 0) is 25.2 Å². The van der Waals surface area contributed by atoms with Gasteiger partial charge in [0.2, 0.25) is 10.5 Å². The van der Waals surface area contributed by atoms with Crippen LogP contribution in [0.5, 0.6) is 0 Å². The lowest BCUT2D eigenvalue weighted by Gasteiger charge is -2.39. The zero-order valence-electron chi connectivity index (χ0n) is 16.6. The van der Waals surface area contributed by atoms with Gasteiger partial charge in [0.05, 0.1) is 5.41 Å². The lowest BCUT2D eigenvalue weighted by atomic mass is 9.66. The fourth-order valence-electron chi connectivity index (χ4n) is 4.00. The smallest absolute Gasteiger partial charge is 0.298 e. The SMILES string of the molecule is CCCCCC(CC)C(CCCCC)(CCCCC)C(=O)O[SiH3]. The van der Waals surface area contributed by atoms with Gasteiger partial charge in [0.25, 0.3) is 5.97 Å². The highest BCUT2D eigenvalue weighted by atomic mass is 28.2. The van der Waals surface area contributed by atoms with Crippen LogP contribution in [0.4, 0.5) is 0 Å². The predicted octanol–water partition coefficient (Wildman–Crippen LogP) is 5.56. The van der Waals surface area contributed by atoms with Gasteiger partial charge >= 0.3 is 0 Å². The Kier molecular flexibility index (Phi) is 13.9. The molecule has 0 aliphatic carbocycles. The lowest BCUT2D eigenvalue weighted by molar-refractivity contribution is -0.151. The summed E-state index contributed by atoms with van der Waals surface area (Å²) >= 11 is 0. The molecule has 23 heavy (non-hydrogen) atoms. The highest BCUT2D eigenvalue weighted by Crippen LogP contribution is 2.44. The number of hydrogen-bond acceptors (Lipinski definition) is 2. The third-order valence-electron chi connectivity index (χ3n) is 5.48. The van der Waals surface area contributed by atoms with Gasteiger partial charge in [-0.15, -0.1) is 0 Å². The van der Waals surface area contributed by atoms with Gasteiger partial charge in [-0.3, -0.25) is 4.79 Å². The van der Waals surface area contributed by atoms with Crippen molar-refractivity contribution < 1.29 is 9.22 Å². The van der Waals surface area contributed by atoms with E-state index in [-0.39, 0.29) is 11.4 Å². The average Bonchev–Trinajstić information content (AvgIpc) is 2.57. The quantitative estimate of drug-likeness (QED) is 0.287. The Morgan fingerprint density at radius 1 is 0.870 bits per heavy atom. The van der Waals surface area contributed by atoms with Crippen molar-refractivity contribution in [2.45, 2.75) is 111 Å². The molecule has 1 unspecified atom stereocenters. The molecule has 0 fully saturated rings. The molecule has 0 aromatic carbocycles. The Balaban J connectivity index is 5.21. The van der Waals surface area contributed by atoms with E-state index in [9.17, 15) is 4.79 Å². The summed E-state index contributed by atoms with van der Waals surface area (Å²) in [5.41, 5.74) is -0.200. The third kappa shape index (κ3) is 7.87. The topological polar surface area (TPSA) is 26.3 Å². The normalized spacial score (nSPS) is 13.2. The van der Waals surface area contributed by atoms with Gasteiger partial charge < -0.3 is 4.43 Å². The second kappa shape index (κ2) is 14.1.